The number of nitrogens with zero attached hydrogens (tertiary/aromatic N) is 1. The molecule has 1 aromatic rings. The van der Waals surface area contributed by atoms with E-state index in [0.717, 1.165) is 28.6 Å². The second-order valence-electron chi connectivity index (χ2n) is 6.10. The van der Waals surface area contributed by atoms with E-state index in [1.165, 1.54) is 7.05 Å². The second kappa shape index (κ2) is 7.83. The molecule has 0 spiro atoms. The van der Waals surface area contributed by atoms with Crippen LogP contribution in [0.3, 0.4) is 0 Å². The highest BCUT2D eigenvalue weighted by atomic mass is 32.2. The lowest BCUT2D eigenvalue weighted by molar-refractivity contribution is -0.118. The van der Waals surface area contributed by atoms with Crippen LogP contribution >= 0.6 is 0 Å². The van der Waals surface area contributed by atoms with Crippen molar-refractivity contribution in [2.24, 2.45) is 5.14 Å². The number of amides is 1. The van der Waals surface area contributed by atoms with Crippen LogP contribution in [0.1, 0.15) is 12.8 Å². The van der Waals surface area contributed by atoms with E-state index in [-0.39, 0.29) is 35.7 Å². The number of hydrogen-bond acceptors (Lipinski definition) is 7. The summed E-state index contributed by atoms with van der Waals surface area (Å²) in [7, 11) is -10.2. The fourth-order valence-electron chi connectivity index (χ4n) is 2.75. The average molecular weight is 440 g/mol. The lowest BCUT2D eigenvalue weighted by Crippen LogP contribution is -2.44. The van der Waals surface area contributed by atoms with Crippen molar-refractivity contribution < 1.29 is 30.0 Å². The number of piperidine rings is 1. The molecule has 1 saturated heterocycles. The predicted molar refractivity (Wildman–Crippen MR) is 97.4 cm³/mol. The fraction of sp³-hybridized carbons (Fsp3) is 0.500. The molecule has 10 nitrogen and oxygen atoms in total. The molecule has 0 unspecified atom stereocenters. The van der Waals surface area contributed by atoms with Crippen molar-refractivity contribution in [3.8, 4) is 0 Å². The third-order valence-electron chi connectivity index (χ3n) is 4.31. The molecule has 3 N–H and O–H groups in total. The standard InChI is InChI=1S/C14H21N3O7S3/c1-16-14(18)10-25(19,20)11-6-8-17(9-7-11)27(23,24)13-4-2-12(3-5-13)26(15,21)22/h2-5,11H,6-10H2,1H3,(H,16,18)(H2,15,21,22). The van der Waals surface area contributed by atoms with Gasteiger partial charge in [0.1, 0.15) is 5.75 Å². The van der Waals surface area contributed by atoms with Crippen LogP contribution in [0.2, 0.25) is 0 Å². The molecule has 1 heterocycles. The van der Waals surface area contributed by atoms with Crippen LogP contribution in [0.4, 0.5) is 0 Å². The number of carbonyl (C=O) groups excluding carboxylic acids is 1. The lowest BCUT2D eigenvalue weighted by atomic mass is 10.2. The van der Waals surface area contributed by atoms with Gasteiger partial charge in [0.05, 0.1) is 15.0 Å². The molecule has 1 amide bonds. The molecule has 1 fully saturated rings. The molecule has 0 aliphatic carbocycles. The van der Waals surface area contributed by atoms with E-state index in [1.54, 1.807) is 0 Å². The Kier molecular flexibility index (Phi) is 6.31. The smallest absolute Gasteiger partial charge is 0.243 e. The summed E-state index contributed by atoms with van der Waals surface area (Å²) in [5, 5.41) is 6.45. The summed E-state index contributed by atoms with van der Waals surface area (Å²) in [4.78, 5) is 11.0. The van der Waals surface area contributed by atoms with Crippen molar-refractivity contribution in [1.29, 1.82) is 0 Å². The van der Waals surface area contributed by atoms with E-state index >= 15 is 0 Å². The molecule has 152 valence electrons. The van der Waals surface area contributed by atoms with Crippen LogP contribution in [0, 0.1) is 0 Å². The first-order chi connectivity index (χ1) is 12.4. The summed E-state index contributed by atoms with van der Waals surface area (Å²) in [6.07, 6.45) is 0.154. The Hall–Kier alpha value is -1.54. The van der Waals surface area contributed by atoms with Gasteiger partial charge in [-0.2, -0.15) is 4.31 Å². The number of nitrogens with one attached hydrogen (secondary N) is 1. The molecule has 2 rings (SSSR count). The van der Waals surface area contributed by atoms with Gasteiger partial charge in [-0.15, -0.1) is 0 Å². The van der Waals surface area contributed by atoms with Crippen LogP contribution in [0.15, 0.2) is 34.1 Å². The van der Waals surface area contributed by atoms with Crippen molar-refractivity contribution in [1.82, 2.24) is 9.62 Å². The molecule has 1 aromatic carbocycles. The molecule has 0 aromatic heterocycles. The number of benzene rings is 1. The van der Waals surface area contributed by atoms with Gasteiger partial charge in [0.15, 0.2) is 9.84 Å². The maximum absolute atomic E-state index is 12.7. The summed E-state index contributed by atoms with van der Waals surface area (Å²) in [6.45, 7) is -0.0339. The summed E-state index contributed by atoms with van der Waals surface area (Å²) in [5.74, 6) is -1.24. The number of sulfone groups is 1. The first kappa shape index (κ1) is 21.8. The van der Waals surface area contributed by atoms with Gasteiger partial charge in [-0.05, 0) is 37.1 Å². The van der Waals surface area contributed by atoms with Gasteiger partial charge >= 0.3 is 0 Å². The van der Waals surface area contributed by atoms with Gasteiger partial charge in [-0.25, -0.2) is 30.4 Å². The lowest BCUT2D eigenvalue weighted by Gasteiger charge is -2.30. The van der Waals surface area contributed by atoms with Crippen molar-refractivity contribution in [2.45, 2.75) is 27.9 Å². The molecule has 0 saturated carbocycles. The molecule has 1 aliphatic heterocycles. The number of hydrogen-bond donors (Lipinski definition) is 2. The third-order valence-corrected chi connectivity index (χ3v) is 9.30. The minimum Gasteiger partial charge on any atom is -0.358 e. The maximum Gasteiger partial charge on any atom is 0.243 e. The molecule has 0 bridgehead atoms. The number of primary sulfonamides is 1. The Balaban J connectivity index is 2.11. The highest BCUT2D eigenvalue weighted by Gasteiger charge is 2.35. The van der Waals surface area contributed by atoms with Gasteiger partial charge in [0.25, 0.3) is 0 Å². The van der Waals surface area contributed by atoms with Crippen molar-refractivity contribution in [3.63, 3.8) is 0 Å². The van der Waals surface area contributed by atoms with E-state index in [2.05, 4.69) is 5.32 Å². The minimum absolute atomic E-state index is 0.0170. The quantitative estimate of drug-likeness (QED) is 0.554. The zero-order valence-electron chi connectivity index (χ0n) is 14.5. The molecular formula is C14H21N3O7S3. The number of rotatable bonds is 6. The Labute approximate surface area is 158 Å². The van der Waals surface area contributed by atoms with Gasteiger partial charge < -0.3 is 5.32 Å². The van der Waals surface area contributed by atoms with Gasteiger partial charge in [0.2, 0.25) is 26.0 Å². The van der Waals surface area contributed by atoms with E-state index in [0.29, 0.717) is 0 Å². The normalized spacial score (nSPS) is 17.6. The van der Waals surface area contributed by atoms with Crippen LogP contribution in [0.5, 0.6) is 0 Å². The van der Waals surface area contributed by atoms with Gasteiger partial charge in [-0.3, -0.25) is 4.79 Å². The van der Waals surface area contributed by atoms with E-state index in [9.17, 15) is 30.0 Å². The van der Waals surface area contributed by atoms with E-state index < -0.39 is 46.8 Å². The first-order valence-electron chi connectivity index (χ1n) is 7.93. The van der Waals surface area contributed by atoms with Crippen molar-refractivity contribution in [2.75, 3.05) is 25.9 Å². The zero-order chi connectivity index (χ0) is 20.5. The SMILES string of the molecule is CNC(=O)CS(=O)(=O)C1CCN(S(=O)(=O)c2ccc(S(N)(=O)=O)cc2)CC1. The highest BCUT2D eigenvalue weighted by molar-refractivity contribution is 7.92. The third kappa shape index (κ3) is 5.04. The molecule has 1 aliphatic rings. The molecular weight excluding hydrogens is 418 g/mol. The fourth-order valence-corrected chi connectivity index (χ4v) is 6.41. The van der Waals surface area contributed by atoms with Gasteiger partial charge in [0, 0.05) is 20.1 Å². The van der Waals surface area contributed by atoms with Gasteiger partial charge in [-0.1, -0.05) is 0 Å². The van der Waals surface area contributed by atoms with Crippen molar-refractivity contribution in [3.05, 3.63) is 24.3 Å². The average Bonchev–Trinajstić information content (AvgIpc) is 2.60. The monoisotopic (exact) mass is 439 g/mol. The Morgan fingerprint density at radius 2 is 1.52 bits per heavy atom. The number of nitrogens with two attached hydrogens (primary N) is 1. The van der Waals surface area contributed by atoms with Crippen LogP contribution in [-0.2, 0) is 34.7 Å². The summed E-state index contributed by atoms with van der Waals surface area (Å²) >= 11 is 0. The Morgan fingerprint density at radius 1 is 1.04 bits per heavy atom. The Morgan fingerprint density at radius 3 is 1.96 bits per heavy atom. The summed E-state index contributed by atoms with van der Waals surface area (Å²) < 4.78 is 73.4. The molecule has 13 heteroatoms. The van der Waals surface area contributed by atoms with E-state index in [4.69, 9.17) is 5.14 Å². The van der Waals surface area contributed by atoms with Crippen LogP contribution < -0.4 is 10.5 Å². The predicted octanol–water partition coefficient (Wildman–Crippen LogP) is -1.35. The van der Waals surface area contributed by atoms with Crippen LogP contribution in [0.25, 0.3) is 0 Å². The highest BCUT2D eigenvalue weighted by Crippen LogP contribution is 2.25. The zero-order valence-corrected chi connectivity index (χ0v) is 17.0. The van der Waals surface area contributed by atoms with Crippen molar-refractivity contribution >= 4 is 35.8 Å². The van der Waals surface area contributed by atoms with Crippen LogP contribution in [-0.4, -0.2) is 66.6 Å². The maximum atomic E-state index is 12.7. The Bertz CT molecular complexity index is 1010. The molecule has 0 atom stereocenters. The molecule has 0 radical (unpaired) electrons. The summed E-state index contributed by atoms with van der Waals surface area (Å²) in [6, 6.07) is 4.48. The summed E-state index contributed by atoms with van der Waals surface area (Å²) in [5.41, 5.74) is 0. The largest absolute Gasteiger partial charge is 0.358 e. The topological polar surface area (TPSA) is 161 Å². The number of carbonyl (C=O) groups is 1. The minimum atomic E-state index is -3.93. The number of sulfonamides is 2. The molecule has 27 heavy (non-hydrogen) atoms. The second-order valence-corrected chi connectivity index (χ2v) is 11.9. The van der Waals surface area contributed by atoms with E-state index in [1.807, 2.05) is 0 Å². The first-order valence-corrected chi connectivity index (χ1v) is 12.6.